The van der Waals surface area contributed by atoms with Crippen LogP contribution in [0.2, 0.25) is 0 Å². The van der Waals surface area contributed by atoms with Crippen molar-refractivity contribution in [1.29, 1.82) is 0 Å². The van der Waals surface area contributed by atoms with Crippen LogP contribution in [0.4, 0.5) is 10.1 Å². The number of anilines is 1. The zero-order valence-electron chi connectivity index (χ0n) is 11.6. The highest BCUT2D eigenvalue weighted by molar-refractivity contribution is 5.45. The molecule has 0 bridgehead atoms. The summed E-state index contributed by atoms with van der Waals surface area (Å²) in [7, 11) is 0. The van der Waals surface area contributed by atoms with Gasteiger partial charge in [-0.2, -0.15) is 0 Å². The Hall–Kier alpha value is -2.69. The topological polar surface area (TPSA) is 42.7 Å². The monoisotopic (exact) mass is 282 g/mol. The van der Waals surface area contributed by atoms with Gasteiger partial charge in [0, 0.05) is 18.4 Å². The van der Waals surface area contributed by atoms with Crippen molar-refractivity contribution in [2.75, 3.05) is 5.32 Å². The summed E-state index contributed by atoms with van der Waals surface area (Å²) in [5.41, 5.74) is 1.94. The number of pyridine rings is 1. The Balaban J connectivity index is 1.71. The van der Waals surface area contributed by atoms with E-state index in [9.17, 15) is 4.39 Å². The molecule has 1 unspecified atom stereocenters. The highest BCUT2D eigenvalue weighted by Gasteiger charge is 2.06. The summed E-state index contributed by atoms with van der Waals surface area (Å²) in [5, 5.41) is 3.34. The Morgan fingerprint density at radius 2 is 1.95 bits per heavy atom. The number of nitrogens with zero attached hydrogens (tertiary/aromatic N) is 3. The van der Waals surface area contributed by atoms with Gasteiger partial charge in [-0.15, -0.1) is 0 Å². The minimum atomic E-state index is -0.225. The van der Waals surface area contributed by atoms with Crippen molar-refractivity contribution in [3.63, 3.8) is 0 Å². The van der Waals surface area contributed by atoms with E-state index in [4.69, 9.17) is 0 Å². The van der Waals surface area contributed by atoms with Gasteiger partial charge in [-0.25, -0.2) is 14.4 Å². The van der Waals surface area contributed by atoms with E-state index in [0.717, 1.165) is 17.1 Å². The lowest BCUT2D eigenvalue weighted by Crippen LogP contribution is -2.07. The summed E-state index contributed by atoms with van der Waals surface area (Å²) in [6, 6.07) is 10.4. The molecule has 1 atom stereocenters. The zero-order chi connectivity index (χ0) is 14.7. The van der Waals surface area contributed by atoms with Gasteiger partial charge in [0.1, 0.15) is 18.0 Å². The quantitative estimate of drug-likeness (QED) is 0.795. The lowest BCUT2D eigenvalue weighted by molar-refractivity contribution is 0.626. The van der Waals surface area contributed by atoms with Crippen molar-refractivity contribution in [2.45, 2.75) is 13.0 Å². The second-order valence-corrected chi connectivity index (χ2v) is 4.79. The zero-order valence-corrected chi connectivity index (χ0v) is 11.6. The second kappa shape index (κ2) is 5.75. The van der Waals surface area contributed by atoms with E-state index >= 15 is 0 Å². The fourth-order valence-corrected chi connectivity index (χ4v) is 2.10. The Morgan fingerprint density at radius 1 is 1.14 bits per heavy atom. The first-order valence-electron chi connectivity index (χ1n) is 6.69. The van der Waals surface area contributed by atoms with Gasteiger partial charge in [0.2, 0.25) is 0 Å². The Kier molecular flexibility index (Phi) is 3.64. The maximum atomic E-state index is 12.9. The number of benzene rings is 1. The first-order chi connectivity index (χ1) is 10.2. The lowest BCUT2D eigenvalue weighted by atomic mass is 10.1. The molecule has 3 rings (SSSR count). The van der Waals surface area contributed by atoms with Gasteiger partial charge >= 0.3 is 0 Å². The molecule has 1 aromatic carbocycles. The molecule has 0 aliphatic rings. The maximum Gasteiger partial charge on any atom is 0.137 e. The Morgan fingerprint density at radius 3 is 2.57 bits per heavy atom. The van der Waals surface area contributed by atoms with Gasteiger partial charge in [-0.3, -0.25) is 4.57 Å². The van der Waals surface area contributed by atoms with E-state index in [-0.39, 0.29) is 11.9 Å². The fraction of sp³-hybridized carbons (Fsp3) is 0.125. The molecule has 21 heavy (non-hydrogen) atoms. The summed E-state index contributed by atoms with van der Waals surface area (Å²) in [4.78, 5) is 8.38. The van der Waals surface area contributed by atoms with Crippen LogP contribution >= 0.6 is 0 Å². The van der Waals surface area contributed by atoms with Crippen molar-refractivity contribution in [2.24, 2.45) is 0 Å². The molecule has 106 valence electrons. The highest BCUT2D eigenvalue weighted by Crippen LogP contribution is 2.19. The van der Waals surface area contributed by atoms with Gasteiger partial charge in [-0.05, 0) is 36.8 Å². The highest BCUT2D eigenvalue weighted by atomic mass is 19.1. The van der Waals surface area contributed by atoms with Crippen LogP contribution in [0, 0.1) is 5.82 Å². The molecule has 1 N–H and O–H groups in total. The summed E-state index contributed by atoms with van der Waals surface area (Å²) < 4.78 is 14.8. The average molecular weight is 282 g/mol. The number of aromatic nitrogens is 3. The largest absolute Gasteiger partial charge is 0.377 e. The van der Waals surface area contributed by atoms with Crippen molar-refractivity contribution in [3.8, 4) is 5.82 Å². The molecule has 0 saturated heterocycles. The van der Waals surface area contributed by atoms with E-state index in [1.807, 2.05) is 29.8 Å². The summed E-state index contributed by atoms with van der Waals surface area (Å²) in [6.45, 7) is 2.02. The SMILES string of the molecule is CC(Nc1ccc(-n2ccnc2)nc1)c1ccc(F)cc1. The van der Waals surface area contributed by atoms with E-state index < -0.39 is 0 Å². The summed E-state index contributed by atoms with van der Waals surface area (Å²) in [6.07, 6.45) is 7.03. The van der Waals surface area contributed by atoms with Crippen LogP contribution in [-0.2, 0) is 0 Å². The second-order valence-electron chi connectivity index (χ2n) is 4.79. The molecule has 0 amide bonds. The van der Waals surface area contributed by atoms with Crippen molar-refractivity contribution in [1.82, 2.24) is 14.5 Å². The van der Waals surface area contributed by atoms with Gasteiger partial charge in [0.05, 0.1) is 11.9 Å². The number of halogens is 1. The normalized spacial score (nSPS) is 12.1. The molecule has 4 nitrogen and oxygen atoms in total. The van der Waals surface area contributed by atoms with Gasteiger partial charge < -0.3 is 5.32 Å². The molecule has 0 aliphatic heterocycles. The van der Waals surface area contributed by atoms with Crippen molar-refractivity contribution in [3.05, 3.63) is 72.7 Å². The van der Waals surface area contributed by atoms with Crippen LogP contribution < -0.4 is 5.32 Å². The van der Waals surface area contributed by atoms with Gasteiger partial charge in [-0.1, -0.05) is 12.1 Å². The average Bonchev–Trinajstić information content (AvgIpc) is 3.03. The minimum absolute atomic E-state index is 0.0755. The van der Waals surface area contributed by atoms with Crippen LogP contribution in [0.5, 0.6) is 0 Å². The van der Waals surface area contributed by atoms with E-state index in [1.54, 1.807) is 30.9 Å². The van der Waals surface area contributed by atoms with Crippen LogP contribution in [0.1, 0.15) is 18.5 Å². The number of hydrogen-bond donors (Lipinski definition) is 1. The van der Waals surface area contributed by atoms with Crippen molar-refractivity contribution < 1.29 is 4.39 Å². The number of imidazole rings is 1. The van der Waals surface area contributed by atoms with Gasteiger partial charge in [0.15, 0.2) is 0 Å². The van der Waals surface area contributed by atoms with E-state index in [1.165, 1.54) is 12.1 Å². The third-order valence-electron chi connectivity index (χ3n) is 3.27. The molecule has 2 aromatic heterocycles. The fourth-order valence-electron chi connectivity index (χ4n) is 2.10. The molecular weight excluding hydrogens is 267 g/mol. The minimum Gasteiger partial charge on any atom is -0.377 e. The number of hydrogen-bond acceptors (Lipinski definition) is 3. The molecule has 0 fully saturated rings. The Bertz CT molecular complexity index is 690. The smallest absolute Gasteiger partial charge is 0.137 e. The molecule has 0 aliphatic carbocycles. The predicted molar refractivity (Wildman–Crippen MR) is 79.8 cm³/mol. The summed E-state index contributed by atoms with van der Waals surface area (Å²) >= 11 is 0. The standard InChI is InChI=1S/C16H15FN4/c1-12(13-2-4-14(17)5-3-13)20-15-6-7-16(19-10-15)21-9-8-18-11-21/h2-12,20H,1H3. The number of rotatable bonds is 4. The molecule has 0 saturated carbocycles. The molecule has 5 heteroatoms. The van der Waals surface area contributed by atoms with Crippen LogP contribution in [0.25, 0.3) is 5.82 Å². The lowest BCUT2D eigenvalue weighted by Gasteiger charge is -2.15. The maximum absolute atomic E-state index is 12.9. The molecule has 2 heterocycles. The third kappa shape index (κ3) is 3.08. The molecule has 0 radical (unpaired) electrons. The molecule has 0 spiro atoms. The van der Waals surface area contributed by atoms with Crippen LogP contribution in [0.3, 0.4) is 0 Å². The molecule has 3 aromatic rings. The van der Waals surface area contributed by atoms with Crippen LogP contribution in [-0.4, -0.2) is 14.5 Å². The van der Waals surface area contributed by atoms with Crippen molar-refractivity contribution >= 4 is 5.69 Å². The van der Waals surface area contributed by atoms with E-state index in [0.29, 0.717) is 0 Å². The Labute approximate surface area is 122 Å². The first-order valence-corrected chi connectivity index (χ1v) is 6.69. The van der Waals surface area contributed by atoms with Crippen LogP contribution in [0.15, 0.2) is 61.3 Å². The third-order valence-corrected chi connectivity index (χ3v) is 3.27. The predicted octanol–water partition coefficient (Wildman–Crippen LogP) is 3.58. The van der Waals surface area contributed by atoms with E-state index in [2.05, 4.69) is 15.3 Å². The number of nitrogens with one attached hydrogen (secondary N) is 1. The molecular formula is C16H15FN4. The summed E-state index contributed by atoms with van der Waals surface area (Å²) in [5.74, 6) is 0.588. The first kappa shape index (κ1) is 13.3. The van der Waals surface area contributed by atoms with Gasteiger partial charge in [0.25, 0.3) is 0 Å².